The number of aromatic nitrogens is 1. The average Bonchev–Trinajstić information content (AvgIpc) is 2.73. The number of fused-ring (bicyclic) bond motifs is 1. The fourth-order valence-electron chi connectivity index (χ4n) is 3.51. The maximum Gasteiger partial charge on any atom is 0.233 e. The van der Waals surface area contributed by atoms with Gasteiger partial charge in [0.15, 0.2) is 0 Å². The van der Waals surface area contributed by atoms with Gasteiger partial charge in [0.05, 0.1) is 17.6 Å². The lowest BCUT2D eigenvalue weighted by atomic mass is 10.0. The number of para-hydroxylation sites is 1. The molecule has 0 aliphatic carbocycles. The van der Waals surface area contributed by atoms with Crippen molar-refractivity contribution in [3.8, 4) is 0 Å². The smallest absolute Gasteiger partial charge is 0.233 e. The van der Waals surface area contributed by atoms with Gasteiger partial charge in [0.25, 0.3) is 0 Å². The molecule has 144 valence electrons. The van der Waals surface area contributed by atoms with E-state index in [1.807, 2.05) is 42.5 Å². The second-order valence-corrected chi connectivity index (χ2v) is 8.79. The van der Waals surface area contributed by atoms with Gasteiger partial charge in [-0.15, -0.1) is 0 Å². The van der Waals surface area contributed by atoms with Crippen molar-refractivity contribution in [3.63, 3.8) is 0 Å². The van der Waals surface area contributed by atoms with Crippen LogP contribution in [0.15, 0.2) is 72.9 Å². The van der Waals surface area contributed by atoms with Crippen LogP contribution < -0.4 is 9.62 Å². The van der Waals surface area contributed by atoms with Gasteiger partial charge in [-0.2, -0.15) is 0 Å². The molecule has 0 radical (unpaired) electrons. The predicted molar refractivity (Wildman–Crippen MR) is 114 cm³/mol. The summed E-state index contributed by atoms with van der Waals surface area (Å²) in [5.74, 6) is 0.873. The zero-order valence-corrected chi connectivity index (χ0v) is 16.4. The highest BCUT2D eigenvalue weighted by molar-refractivity contribution is 7.92. The Morgan fingerprint density at radius 2 is 1.75 bits per heavy atom. The summed E-state index contributed by atoms with van der Waals surface area (Å²) in [6, 6.07) is 21.6. The molecule has 1 aromatic heterocycles. The highest BCUT2D eigenvalue weighted by Gasteiger charge is 2.19. The zero-order chi connectivity index (χ0) is 19.4. The molecule has 0 spiro atoms. The Morgan fingerprint density at radius 3 is 2.54 bits per heavy atom. The van der Waals surface area contributed by atoms with Gasteiger partial charge in [-0.25, -0.2) is 13.4 Å². The van der Waals surface area contributed by atoms with Gasteiger partial charge >= 0.3 is 0 Å². The Balaban J connectivity index is 1.44. The first-order valence-corrected chi connectivity index (χ1v) is 11.1. The van der Waals surface area contributed by atoms with E-state index in [0.717, 1.165) is 30.8 Å². The molecular formula is C22H23N3O2S. The van der Waals surface area contributed by atoms with Crippen LogP contribution in [-0.2, 0) is 22.9 Å². The van der Waals surface area contributed by atoms with E-state index >= 15 is 0 Å². The number of hydrogen-bond acceptors (Lipinski definition) is 4. The van der Waals surface area contributed by atoms with Crippen molar-refractivity contribution < 1.29 is 8.42 Å². The van der Waals surface area contributed by atoms with Crippen LogP contribution in [0.4, 0.5) is 17.2 Å². The minimum atomic E-state index is -3.42. The van der Waals surface area contributed by atoms with E-state index in [2.05, 4.69) is 32.8 Å². The number of rotatable bonds is 6. The van der Waals surface area contributed by atoms with E-state index in [-0.39, 0.29) is 5.75 Å². The number of anilines is 3. The molecule has 5 nitrogen and oxygen atoms in total. The summed E-state index contributed by atoms with van der Waals surface area (Å²) in [6.07, 6.45) is 4.22. The molecule has 6 heteroatoms. The van der Waals surface area contributed by atoms with Crippen molar-refractivity contribution in [2.45, 2.75) is 19.3 Å². The Kier molecular flexibility index (Phi) is 5.30. The van der Waals surface area contributed by atoms with Crippen molar-refractivity contribution in [2.24, 2.45) is 0 Å². The van der Waals surface area contributed by atoms with Crippen molar-refractivity contribution >= 4 is 27.2 Å². The average molecular weight is 394 g/mol. The predicted octanol–water partition coefficient (Wildman–Crippen LogP) is 4.15. The number of sulfonamides is 1. The van der Waals surface area contributed by atoms with E-state index < -0.39 is 10.0 Å². The van der Waals surface area contributed by atoms with Crippen molar-refractivity contribution in [2.75, 3.05) is 21.9 Å². The molecule has 1 aliphatic rings. The summed E-state index contributed by atoms with van der Waals surface area (Å²) >= 11 is 0. The Bertz CT molecular complexity index is 1030. The lowest BCUT2D eigenvalue weighted by Gasteiger charge is -2.30. The van der Waals surface area contributed by atoms with E-state index in [9.17, 15) is 8.42 Å². The molecule has 1 aliphatic heterocycles. The monoisotopic (exact) mass is 393 g/mol. The van der Waals surface area contributed by atoms with Crippen LogP contribution in [0.3, 0.4) is 0 Å². The summed E-state index contributed by atoms with van der Waals surface area (Å²) in [7, 11) is -3.42. The molecule has 1 N–H and O–H groups in total. The van der Waals surface area contributed by atoms with Crippen molar-refractivity contribution in [1.82, 2.24) is 4.98 Å². The number of nitrogens with zero attached hydrogens (tertiary/aromatic N) is 2. The number of nitrogens with one attached hydrogen (secondary N) is 1. The highest BCUT2D eigenvalue weighted by Crippen LogP contribution is 2.32. The van der Waals surface area contributed by atoms with Gasteiger partial charge in [-0.3, -0.25) is 4.72 Å². The quantitative estimate of drug-likeness (QED) is 0.683. The minimum Gasteiger partial charge on any atom is -0.326 e. The third-order valence-corrected chi connectivity index (χ3v) is 6.20. The lowest BCUT2D eigenvalue weighted by molar-refractivity contribution is 0.600. The standard InChI is InChI=1S/C22H23N3O2S/c26-28(27,16-14-18-7-2-1-3-8-18)24-20-12-13-22(23-17-20)25-15-6-10-19-9-4-5-11-21(19)25/h1-5,7-9,11-13,17,24H,6,10,14-16H2. The molecule has 28 heavy (non-hydrogen) atoms. The minimum absolute atomic E-state index is 0.0399. The van der Waals surface area contributed by atoms with Gasteiger partial charge in [-0.05, 0) is 48.6 Å². The molecule has 0 atom stereocenters. The van der Waals surface area contributed by atoms with Crippen LogP contribution in [0.25, 0.3) is 0 Å². The third kappa shape index (κ3) is 4.34. The zero-order valence-electron chi connectivity index (χ0n) is 15.6. The van der Waals surface area contributed by atoms with Crippen LogP contribution in [0.2, 0.25) is 0 Å². The second-order valence-electron chi connectivity index (χ2n) is 6.95. The van der Waals surface area contributed by atoms with E-state index in [4.69, 9.17) is 0 Å². The van der Waals surface area contributed by atoms with Gasteiger partial charge in [0.1, 0.15) is 5.82 Å². The third-order valence-electron chi connectivity index (χ3n) is 4.91. The molecule has 0 saturated carbocycles. The summed E-state index contributed by atoms with van der Waals surface area (Å²) in [6.45, 7) is 0.909. The number of hydrogen-bond donors (Lipinski definition) is 1. The largest absolute Gasteiger partial charge is 0.326 e. The van der Waals surface area contributed by atoms with Crippen LogP contribution >= 0.6 is 0 Å². The lowest BCUT2D eigenvalue weighted by Crippen LogP contribution is -2.25. The topological polar surface area (TPSA) is 62.3 Å². The second kappa shape index (κ2) is 8.02. The highest BCUT2D eigenvalue weighted by atomic mass is 32.2. The molecule has 0 unspecified atom stereocenters. The van der Waals surface area contributed by atoms with Crippen LogP contribution in [-0.4, -0.2) is 25.7 Å². The first kappa shape index (κ1) is 18.5. The van der Waals surface area contributed by atoms with Gasteiger partial charge in [0.2, 0.25) is 10.0 Å². The van der Waals surface area contributed by atoms with E-state index in [1.54, 1.807) is 12.3 Å². The maximum absolute atomic E-state index is 12.4. The summed E-state index contributed by atoms with van der Waals surface area (Å²) in [4.78, 5) is 6.69. The summed E-state index contributed by atoms with van der Waals surface area (Å²) < 4.78 is 27.4. The first-order valence-electron chi connectivity index (χ1n) is 9.47. The molecule has 0 amide bonds. The normalized spacial score (nSPS) is 13.8. The van der Waals surface area contributed by atoms with Crippen LogP contribution in [0.5, 0.6) is 0 Å². The summed E-state index contributed by atoms with van der Waals surface area (Å²) in [5.41, 5.74) is 3.99. The van der Waals surface area contributed by atoms with Gasteiger partial charge in [0, 0.05) is 12.2 Å². The molecule has 0 fully saturated rings. The van der Waals surface area contributed by atoms with Gasteiger partial charge in [-0.1, -0.05) is 48.5 Å². The Labute approximate surface area is 166 Å². The fraction of sp³-hybridized carbons (Fsp3) is 0.227. The summed E-state index contributed by atoms with van der Waals surface area (Å²) in [5, 5.41) is 0. The van der Waals surface area contributed by atoms with Crippen LogP contribution in [0.1, 0.15) is 17.5 Å². The molecule has 2 heterocycles. The number of aryl methyl sites for hydroxylation is 2. The first-order chi connectivity index (χ1) is 13.6. The van der Waals surface area contributed by atoms with Crippen LogP contribution in [0, 0.1) is 0 Å². The molecule has 4 rings (SSSR count). The van der Waals surface area contributed by atoms with E-state index in [1.165, 1.54) is 11.3 Å². The Morgan fingerprint density at radius 1 is 0.964 bits per heavy atom. The fourth-order valence-corrected chi connectivity index (χ4v) is 4.59. The number of pyridine rings is 1. The van der Waals surface area contributed by atoms with E-state index in [0.29, 0.717) is 12.1 Å². The molecule has 0 bridgehead atoms. The van der Waals surface area contributed by atoms with Crippen molar-refractivity contribution in [3.05, 3.63) is 84.1 Å². The SMILES string of the molecule is O=S(=O)(CCc1ccccc1)Nc1ccc(N2CCCc3ccccc32)nc1. The number of benzene rings is 2. The molecule has 2 aromatic carbocycles. The maximum atomic E-state index is 12.4. The Hall–Kier alpha value is -2.86. The van der Waals surface area contributed by atoms with Crippen molar-refractivity contribution in [1.29, 1.82) is 0 Å². The molecular weight excluding hydrogens is 370 g/mol. The molecule has 3 aromatic rings. The molecule has 0 saturated heterocycles. The van der Waals surface area contributed by atoms with Gasteiger partial charge < -0.3 is 4.90 Å².